The van der Waals surface area contributed by atoms with E-state index >= 15 is 0 Å². The Labute approximate surface area is 749 Å². The quantitative estimate of drug-likeness (QED) is 0.0209. The number of nitrogens with one attached hydrogen (secondary N) is 3. The number of benzene rings is 3. The number of amides is 5. The normalized spacial score (nSPS) is 14.7. The number of hydrogen-bond donors (Lipinski definition) is 5. The van der Waals surface area contributed by atoms with Crippen molar-refractivity contribution < 1.29 is 87.8 Å². The summed E-state index contributed by atoms with van der Waals surface area (Å²) in [7, 11) is -1.38. The Morgan fingerprint density at radius 1 is 0.433 bits per heavy atom. The molecule has 0 spiro atoms. The van der Waals surface area contributed by atoms with Crippen molar-refractivity contribution in [3.63, 3.8) is 0 Å². The Morgan fingerprint density at radius 2 is 0.732 bits per heavy atom. The molecule has 668 valence electrons. The smallest absolute Gasteiger partial charge is 0.459 e. The number of fused-ring (bicyclic) bond motifs is 3. The molecule has 5 amide bonds. The van der Waals surface area contributed by atoms with E-state index in [4.69, 9.17) is 84.5 Å². The second-order valence-electron chi connectivity index (χ2n) is 32.9. The molecule has 3 aliphatic rings. The van der Waals surface area contributed by atoms with Crippen LogP contribution < -0.4 is 21.4 Å². The molecule has 12 aromatic rings. The zero-order valence-corrected chi connectivity index (χ0v) is 74.0. The van der Waals surface area contributed by atoms with Crippen LogP contribution in [0.25, 0.3) is 88.9 Å². The van der Waals surface area contributed by atoms with Gasteiger partial charge >= 0.3 is 25.4 Å². The number of ether oxygens (including phenoxy) is 3. The van der Waals surface area contributed by atoms with Crippen molar-refractivity contribution in [2.75, 3.05) is 44.6 Å². The molecule has 0 unspecified atom stereocenters. The van der Waals surface area contributed by atoms with Crippen molar-refractivity contribution in [3.05, 3.63) is 222 Å². The van der Waals surface area contributed by atoms with Crippen LogP contribution in [-0.4, -0.2) is 176 Å². The van der Waals surface area contributed by atoms with Gasteiger partial charge in [0.1, 0.15) is 50.2 Å². The Morgan fingerprint density at radius 3 is 1.04 bits per heavy atom. The summed E-state index contributed by atoms with van der Waals surface area (Å²) in [6, 6.07) is 38.0. The lowest BCUT2D eigenvalue weighted by Gasteiger charge is -2.33. The van der Waals surface area contributed by atoms with Crippen LogP contribution in [0, 0.1) is 0 Å². The lowest BCUT2D eigenvalue weighted by atomic mass is 9.81. The van der Waals surface area contributed by atoms with Gasteiger partial charge < -0.3 is 68.2 Å². The molecule has 0 atom stereocenters. The third-order valence-electron chi connectivity index (χ3n) is 19.6. The highest BCUT2D eigenvalue weighted by atomic mass is 35.5. The SMILES string of the molecule is CC(C)(C)OC(=O)NCc1cc2cc(-c3ccc(C(=O)N4CCC(F)(F)CC4)cn3)cc(-c3ccncc3)c2o1.CC(C)(C)OC(=O)NCc1cc2cc(-c3ccc(C(=O)N4CCC(F)(F)CC4)cn3)cc(Cl)c2o1.CC(C)(C)OC(=O)NCc1cc2cc(-c3ccc(C(=S)N4CCC(F)(F)CC4)cn3)cc(-c3ccncc3)c2o1.ClCCl.OB(O)c1ccncc1. The number of carbonyl (C=O) groups excluding carboxylic acids is 5. The van der Waals surface area contributed by atoms with Gasteiger partial charge in [-0.15, -0.1) is 23.2 Å². The van der Waals surface area contributed by atoms with Crippen molar-refractivity contribution in [1.29, 1.82) is 0 Å². The van der Waals surface area contributed by atoms with Crippen molar-refractivity contribution in [2.45, 2.75) is 155 Å². The van der Waals surface area contributed by atoms with Crippen LogP contribution in [-0.2, 0) is 33.8 Å². The fourth-order valence-corrected chi connectivity index (χ4v) is 14.0. The molecule has 36 heteroatoms. The first-order valence-corrected chi connectivity index (χ1v) is 42.3. The first-order chi connectivity index (χ1) is 60.1. The van der Waals surface area contributed by atoms with E-state index < -0.39 is 60.0 Å². The number of thiocarbonyl (C=S) groups is 1. The van der Waals surface area contributed by atoms with Gasteiger partial charge in [0.05, 0.1) is 58.2 Å². The molecule has 15 rings (SSSR count). The summed E-state index contributed by atoms with van der Waals surface area (Å²) >= 11 is 21.5. The summed E-state index contributed by atoms with van der Waals surface area (Å²) in [5.41, 5.74) is 9.64. The maximum atomic E-state index is 13.6. The van der Waals surface area contributed by atoms with Gasteiger partial charge in [-0.1, -0.05) is 23.8 Å². The summed E-state index contributed by atoms with van der Waals surface area (Å²) < 4.78 is 115. The van der Waals surface area contributed by atoms with E-state index in [0.717, 1.165) is 60.8 Å². The van der Waals surface area contributed by atoms with E-state index in [-0.39, 0.29) is 115 Å². The predicted octanol–water partition coefficient (Wildman–Crippen LogP) is 19.7. The van der Waals surface area contributed by atoms with Crippen molar-refractivity contribution >= 4 is 128 Å². The van der Waals surface area contributed by atoms with Gasteiger partial charge in [0.25, 0.3) is 29.6 Å². The molecule has 3 aliphatic heterocycles. The molecular weight excluding hydrogens is 1730 g/mol. The number of nitrogens with zero attached hydrogens (tertiary/aromatic N) is 9. The Hall–Kier alpha value is -11.7. The number of carbonyl (C=O) groups is 5. The van der Waals surface area contributed by atoms with Crippen LogP contribution in [0.5, 0.6) is 0 Å². The van der Waals surface area contributed by atoms with E-state index in [1.807, 2.05) is 83.8 Å². The minimum absolute atomic E-state index is 0.0190. The Kier molecular flexibility index (Phi) is 31.6. The number of likely N-dealkylation sites (tertiary alicyclic amines) is 3. The summed E-state index contributed by atoms with van der Waals surface area (Å²) in [6.07, 6.45) is 11.1. The molecule has 25 nitrogen and oxygen atoms in total. The Bertz CT molecular complexity index is 5550. The zero-order chi connectivity index (χ0) is 91.8. The third-order valence-corrected chi connectivity index (χ3v) is 20.4. The lowest BCUT2D eigenvalue weighted by Crippen LogP contribution is -2.42. The highest BCUT2D eigenvalue weighted by molar-refractivity contribution is 7.80. The molecule has 0 saturated carbocycles. The minimum atomic E-state index is -2.72. The van der Waals surface area contributed by atoms with Crippen LogP contribution in [0.2, 0.25) is 5.02 Å². The lowest BCUT2D eigenvalue weighted by molar-refractivity contribution is -0.0503. The molecule has 3 aromatic carbocycles. The highest BCUT2D eigenvalue weighted by Gasteiger charge is 2.39. The number of aromatic nitrogens is 6. The molecule has 3 fully saturated rings. The maximum Gasteiger partial charge on any atom is 0.488 e. The van der Waals surface area contributed by atoms with Crippen LogP contribution in [0.15, 0.2) is 196 Å². The second kappa shape index (κ2) is 41.8. The molecule has 0 radical (unpaired) electrons. The van der Waals surface area contributed by atoms with Crippen molar-refractivity contribution in [2.24, 2.45) is 0 Å². The van der Waals surface area contributed by atoms with E-state index in [1.54, 1.807) is 142 Å². The van der Waals surface area contributed by atoms with Gasteiger partial charge in [-0.3, -0.25) is 39.5 Å². The van der Waals surface area contributed by atoms with E-state index in [9.17, 15) is 50.3 Å². The number of hydrogen-bond acceptors (Lipinski definition) is 20. The molecule has 9 aromatic heterocycles. The van der Waals surface area contributed by atoms with Gasteiger partial charge in [-0.25, -0.2) is 40.7 Å². The monoisotopic (exact) mass is 1820 g/mol. The summed E-state index contributed by atoms with van der Waals surface area (Å²) in [5, 5.41) is 28.1. The van der Waals surface area contributed by atoms with E-state index in [2.05, 4.69) is 45.9 Å². The van der Waals surface area contributed by atoms with Crippen molar-refractivity contribution in [1.82, 2.24) is 60.6 Å². The van der Waals surface area contributed by atoms with Gasteiger partial charge in [0.2, 0.25) is 0 Å². The zero-order valence-electron chi connectivity index (χ0n) is 70.9. The minimum Gasteiger partial charge on any atom is -0.459 e. The fourth-order valence-electron chi connectivity index (χ4n) is 13.5. The summed E-state index contributed by atoms with van der Waals surface area (Å²) in [6.45, 7) is 17.1. The van der Waals surface area contributed by atoms with Crippen LogP contribution >= 0.6 is 47.0 Å². The molecule has 12 heterocycles. The first kappa shape index (κ1) is 95.9. The standard InChI is InChI=1S/C30H30F2N4O4.C30H30F2N4O3S.C25H26ClF2N3O4.C5H6BNO2.CH2Cl2/c1-29(2,3)40-28(38)35-18-23-15-22-14-21(16-24(26(22)39-23)19-6-10-33-11-7-19)25-5-4-20(17-34-25)27(37)36-12-8-30(31,32)9-13-36;1-29(2,3)39-28(37)35-18-23-15-22-14-21(16-24(26(22)38-23)19-6-10-33-11-7-19)25-5-4-20(17-34-25)27(40)36-12-8-30(31,32)9-13-36;1-24(2,3)35-23(33)30-14-18-11-17-10-16(12-19(26)21(17)34-18)20-5-4-15(13-29-20)22(32)31-8-6-25(27,28)7-9-31;8-6(9)5-1-3-7-4-2-5;2-1-3/h4-7,10-11,14-17H,8-9,12-13,18H2,1-3H3,(H,35,38);4-7,10-11,14-17H,8-9,12-13,18H2,1-3H3,(H,35,37);4-5,10-13H,6-9,14H2,1-3H3,(H,30,33);1-4,8-9H;1H2. The molecular formula is C91H94BCl3F6N12O13S. The number of pyridine rings is 6. The van der Waals surface area contributed by atoms with E-state index in [0.29, 0.717) is 77.6 Å². The van der Waals surface area contributed by atoms with E-state index in [1.165, 1.54) is 34.6 Å². The van der Waals surface area contributed by atoms with Gasteiger partial charge in [0, 0.05) is 183 Å². The summed E-state index contributed by atoms with van der Waals surface area (Å²) in [4.78, 5) is 92.4. The van der Waals surface area contributed by atoms with Crippen molar-refractivity contribution in [3.8, 4) is 56.0 Å². The molecule has 3 saturated heterocycles. The van der Waals surface area contributed by atoms with Gasteiger partial charge in [-0.05, 0) is 206 Å². The highest BCUT2D eigenvalue weighted by Crippen LogP contribution is 2.40. The third kappa shape index (κ3) is 27.6. The number of piperidine rings is 3. The number of halogens is 9. The topological polar surface area (TPSA) is 316 Å². The number of alkyl carbamates (subject to hydrolysis) is 3. The Balaban J connectivity index is 0.000000173. The number of alkyl halides is 8. The average Bonchev–Trinajstić information content (AvgIpc) is 1.66. The molecule has 127 heavy (non-hydrogen) atoms. The average molecular weight is 1830 g/mol. The molecule has 0 bridgehead atoms. The first-order valence-electron chi connectivity index (χ1n) is 40.4. The number of furan rings is 3. The second-order valence-corrected chi connectivity index (χ2v) is 34.5. The number of rotatable bonds is 15. The molecule has 0 aliphatic carbocycles. The fraction of sp³-hybridized carbons (Fsp3) is 0.341. The van der Waals surface area contributed by atoms with Gasteiger partial charge in [-0.2, -0.15) is 0 Å². The summed E-state index contributed by atoms with van der Waals surface area (Å²) in [5.74, 6) is -7.05. The van der Waals surface area contributed by atoms with Crippen LogP contribution in [0.3, 0.4) is 0 Å². The maximum absolute atomic E-state index is 13.6. The largest absolute Gasteiger partial charge is 0.488 e. The van der Waals surface area contributed by atoms with Gasteiger partial charge in [0.15, 0.2) is 5.58 Å². The van der Waals surface area contributed by atoms with Crippen LogP contribution in [0.4, 0.5) is 40.7 Å². The predicted molar refractivity (Wildman–Crippen MR) is 477 cm³/mol. The molecule has 5 N–H and O–H groups in total. The van der Waals surface area contributed by atoms with Crippen LogP contribution in [0.1, 0.15) is 144 Å².